The molecule has 144 valence electrons. The molecule has 2 aromatic rings. The Labute approximate surface area is 162 Å². The van der Waals surface area contributed by atoms with Crippen LogP contribution in [0.2, 0.25) is 0 Å². The largest absolute Gasteiger partial charge is 0.357 e. The molecule has 2 aliphatic heterocycles. The molecule has 1 aromatic carbocycles. The summed E-state index contributed by atoms with van der Waals surface area (Å²) in [4.78, 5) is 7.49. The van der Waals surface area contributed by atoms with Gasteiger partial charge in [0.15, 0.2) is 0 Å². The third-order valence-corrected chi connectivity index (χ3v) is 7.65. The van der Waals surface area contributed by atoms with Crippen molar-refractivity contribution in [3.05, 3.63) is 53.2 Å². The van der Waals surface area contributed by atoms with Crippen molar-refractivity contribution >= 4 is 15.8 Å². The molecular formula is C21H27N3O2S. The number of rotatable bonds is 4. The van der Waals surface area contributed by atoms with Crippen LogP contribution in [0.4, 0.5) is 5.82 Å². The second kappa shape index (κ2) is 7.24. The Morgan fingerprint density at radius 3 is 2.30 bits per heavy atom. The van der Waals surface area contributed by atoms with Crippen LogP contribution in [0.25, 0.3) is 0 Å². The van der Waals surface area contributed by atoms with Crippen molar-refractivity contribution in [2.45, 2.75) is 50.5 Å². The van der Waals surface area contributed by atoms with E-state index in [-0.39, 0.29) is 6.04 Å². The topological polar surface area (TPSA) is 53.5 Å². The van der Waals surface area contributed by atoms with E-state index in [9.17, 15) is 8.42 Å². The fourth-order valence-electron chi connectivity index (χ4n) is 4.22. The molecule has 2 saturated heterocycles. The van der Waals surface area contributed by atoms with Gasteiger partial charge >= 0.3 is 0 Å². The van der Waals surface area contributed by atoms with Gasteiger partial charge in [-0.25, -0.2) is 13.4 Å². The van der Waals surface area contributed by atoms with E-state index in [1.165, 1.54) is 12.8 Å². The van der Waals surface area contributed by atoms with Gasteiger partial charge in [-0.3, -0.25) is 0 Å². The van der Waals surface area contributed by atoms with E-state index in [0.29, 0.717) is 11.4 Å². The summed E-state index contributed by atoms with van der Waals surface area (Å²) in [5.41, 5.74) is 3.03. The van der Waals surface area contributed by atoms with Gasteiger partial charge in [0.2, 0.25) is 10.0 Å². The number of sulfonamides is 1. The Kier molecular flexibility index (Phi) is 4.95. The van der Waals surface area contributed by atoms with Crippen molar-refractivity contribution in [1.29, 1.82) is 0 Å². The van der Waals surface area contributed by atoms with Crippen molar-refractivity contribution in [1.82, 2.24) is 9.29 Å². The molecule has 1 aromatic heterocycles. The summed E-state index contributed by atoms with van der Waals surface area (Å²) in [5, 5.41) is 0. The number of anilines is 1. The van der Waals surface area contributed by atoms with Crippen LogP contribution in [-0.2, 0) is 10.0 Å². The molecule has 0 amide bonds. The van der Waals surface area contributed by atoms with Crippen molar-refractivity contribution in [3.8, 4) is 0 Å². The minimum atomic E-state index is -3.50. The lowest BCUT2D eigenvalue weighted by molar-refractivity contribution is 0.395. The molecular weight excluding hydrogens is 358 g/mol. The molecule has 4 rings (SSSR count). The van der Waals surface area contributed by atoms with E-state index in [1.54, 1.807) is 16.4 Å². The molecule has 27 heavy (non-hydrogen) atoms. The standard InChI is InChI=1S/C21H27N3O2S/c1-16-7-9-18(10-8-16)27(25,26)24-15-5-6-20(24)19-11-12-21(22-17(19)2)23-13-3-4-14-23/h7-12,20H,3-6,13-15H2,1-2H3/t20-/m1/s1. The number of aromatic nitrogens is 1. The SMILES string of the molecule is Cc1ccc(S(=O)(=O)N2CCC[C@@H]2c2ccc(N3CCCC3)nc2C)cc1. The molecule has 6 heteroatoms. The first kappa shape index (κ1) is 18.4. The van der Waals surface area contributed by atoms with E-state index >= 15 is 0 Å². The summed E-state index contributed by atoms with van der Waals surface area (Å²) in [7, 11) is -3.50. The minimum absolute atomic E-state index is 0.128. The maximum absolute atomic E-state index is 13.2. The summed E-state index contributed by atoms with van der Waals surface area (Å²) in [6.07, 6.45) is 4.15. The molecule has 5 nitrogen and oxygen atoms in total. The Bertz CT molecular complexity index is 919. The number of nitrogens with zero attached hydrogens (tertiary/aromatic N) is 3. The normalized spacial score (nSPS) is 21.1. The summed E-state index contributed by atoms with van der Waals surface area (Å²) < 4.78 is 28.1. The number of hydrogen-bond donors (Lipinski definition) is 0. The lowest BCUT2D eigenvalue weighted by atomic mass is 10.0. The molecule has 0 unspecified atom stereocenters. The van der Waals surface area contributed by atoms with Gasteiger partial charge in [0.25, 0.3) is 0 Å². The first-order chi connectivity index (χ1) is 13.0. The van der Waals surface area contributed by atoms with Gasteiger partial charge < -0.3 is 4.90 Å². The average molecular weight is 386 g/mol. The van der Waals surface area contributed by atoms with Gasteiger partial charge in [0.05, 0.1) is 10.9 Å². The summed E-state index contributed by atoms with van der Waals surface area (Å²) >= 11 is 0. The molecule has 0 N–H and O–H groups in total. The van der Waals surface area contributed by atoms with E-state index in [0.717, 1.165) is 48.6 Å². The minimum Gasteiger partial charge on any atom is -0.357 e. The highest BCUT2D eigenvalue weighted by molar-refractivity contribution is 7.89. The summed E-state index contributed by atoms with van der Waals surface area (Å²) in [6, 6.07) is 11.2. The van der Waals surface area contributed by atoms with Crippen LogP contribution < -0.4 is 4.90 Å². The third-order valence-electron chi connectivity index (χ3n) is 5.73. The Morgan fingerprint density at radius 2 is 1.63 bits per heavy atom. The van der Waals surface area contributed by atoms with Crippen molar-refractivity contribution in [3.63, 3.8) is 0 Å². The Morgan fingerprint density at radius 1 is 0.926 bits per heavy atom. The van der Waals surface area contributed by atoms with Gasteiger partial charge in [-0.1, -0.05) is 23.8 Å². The van der Waals surface area contributed by atoms with Crippen molar-refractivity contribution < 1.29 is 8.42 Å². The van der Waals surface area contributed by atoms with Crippen LogP contribution in [0, 0.1) is 13.8 Å². The first-order valence-electron chi connectivity index (χ1n) is 9.78. The highest BCUT2D eigenvalue weighted by Crippen LogP contribution is 2.38. The van der Waals surface area contributed by atoms with Crippen molar-refractivity contribution in [2.24, 2.45) is 0 Å². The molecule has 0 radical (unpaired) electrons. The highest BCUT2D eigenvalue weighted by Gasteiger charge is 2.37. The molecule has 0 aliphatic carbocycles. The number of hydrogen-bond acceptors (Lipinski definition) is 4. The van der Waals surface area contributed by atoms with Crippen LogP contribution in [-0.4, -0.2) is 37.3 Å². The molecule has 0 spiro atoms. The molecule has 1 atom stereocenters. The average Bonchev–Trinajstić information content (AvgIpc) is 3.34. The molecule has 2 aliphatic rings. The fraction of sp³-hybridized carbons (Fsp3) is 0.476. The van der Waals surface area contributed by atoms with Crippen LogP contribution in [0.15, 0.2) is 41.3 Å². The third kappa shape index (κ3) is 3.48. The first-order valence-corrected chi connectivity index (χ1v) is 11.2. The van der Waals surface area contributed by atoms with E-state index in [2.05, 4.69) is 17.0 Å². The van der Waals surface area contributed by atoms with Crippen LogP contribution in [0.5, 0.6) is 0 Å². The number of benzene rings is 1. The van der Waals surface area contributed by atoms with Gasteiger partial charge in [0, 0.05) is 25.3 Å². The Hall–Kier alpha value is -1.92. The van der Waals surface area contributed by atoms with E-state index in [1.807, 2.05) is 26.0 Å². The smallest absolute Gasteiger partial charge is 0.243 e. The maximum Gasteiger partial charge on any atom is 0.243 e. The van der Waals surface area contributed by atoms with Gasteiger partial charge in [0.1, 0.15) is 5.82 Å². The lowest BCUT2D eigenvalue weighted by Gasteiger charge is -2.26. The van der Waals surface area contributed by atoms with Gasteiger partial charge in [-0.2, -0.15) is 4.31 Å². The predicted molar refractivity (Wildman–Crippen MR) is 107 cm³/mol. The van der Waals surface area contributed by atoms with Gasteiger partial charge in [-0.15, -0.1) is 0 Å². The van der Waals surface area contributed by atoms with Gasteiger partial charge in [-0.05, 0) is 63.3 Å². The fourth-order valence-corrected chi connectivity index (χ4v) is 5.89. The molecule has 0 bridgehead atoms. The number of pyridine rings is 1. The zero-order valence-corrected chi connectivity index (χ0v) is 16.9. The maximum atomic E-state index is 13.2. The molecule has 0 saturated carbocycles. The zero-order valence-electron chi connectivity index (χ0n) is 16.1. The van der Waals surface area contributed by atoms with Crippen molar-refractivity contribution in [2.75, 3.05) is 24.5 Å². The zero-order chi connectivity index (χ0) is 19.0. The molecule has 2 fully saturated rings. The summed E-state index contributed by atoms with van der Waals surface area (Å²) in [5.74, 6) is 1.01. The number of aryl methyl sites for hydroxylation is 2. The van der Waals surface area contributed by atoms with E-state index in [4.69, 9.17) is 4.98 Å². The monoisotopic (exact) mass is 385 g/mol. The van der Waals surface area contributed by atoms with Crippen LogP contribution in [0.1, 0.15) is 48.5 Å². The van der Waals surface area contributed by atoms with E-state index < -0.39 is 10.0 Å². The molecule has 3 heterocycles. The second-order valence-corrected chi connectivity index (χ2v) is 9.52. The lowest BCUT2D eigenvalue weighted by Crippen LogP contribution is -2.31. The predicted octanol–water partition coefficient (Wildman–Crippen LogP) is 3.82. The second-order valence-electron chi connectivity index (χ2n) is 7.63. The Balaban J connectivity index is 1.64. The van der Waals surface area contributed by atoms with Crippen LogP contribution in [0.3, 0.4) is 0 Å². The van der Waals surface area contributed by atoms with Crippen LogP contribution >= 0.6 is 0 Å². The quantitative estimate of drug-likeness (QED) is 0.803. The highest BCUT2D eigenvalue weighted by atomic mass is 32.2. The summed E-state index contributed by atoms with van der Waals surface area (Å²) in [6.45, 7) is 6.65.